The summed E-state index contributed by atoms with van der Waals surface area (Å²) in [6, 6.07) is 12.7. The lowest BCUT2D eigenvalue weighted by Gasteiger charge is -2.29. The molecule has 0 saturated carbocycles. The Labute approximate surface area is 185 Å². The maximum atomic E-state index is 13.4. The molecular weight excluding hydrogens is 416 g/mol. The van der Waals surface area contributed by atoms with Gasteiger partial charge in [-0.2, -0.15) is 0 Å². The van der Waals surface area contributed by atoms with E-state index in [1.807, 2.05) is 27.7 Å². The standard InChI is InChI=1S/C23H32N2O5S/c1-16(2)23(17(3)4)24-22(26)15-25(31(27,28)19-10-8-7-9-11-19)18-12-13-20(29-5)21(14-18)30-6/h7-14,16-17,23H,15H2,1-6H3,(H,24,26). The number of benzene rings is 2. The first kappa shape index (κ1) is 24.5. The molecule has 8 heteroatoms. The highest BCUT2D eigenvalue weighted by molar-refractivity contribution is 7.92. The minimum absolute atomic E-state index is 0.0702. The molecule has 0 heterocycles. The van der Waals surface area contributed by atoms with E-state index >= 15 is 0 Å². The summed E-state index contributed by atoms with van der Waals surface area (Å²) in [4.78, 5) is 13.0. The van der Waals surface area contributed by atoms with Crippen LogP contribution in [0.3, 0.4) is 0 Å². The molecule has 31 heavy (non-hydrogen) atoms. The van der Waals surface area contributed by atoms with Gasteiger partial charge in [-0.25, -0.2) is 8.42 Å². The van der Waals surface area contributed by atoms with Crippen LogP contribution in [0.1, 0.15) is 27.7 Å². The van der Waals surface area contributed by atoms with Crippen molar-refractivity contribution in [3.05, 3.63) is 48.5 Å². The summed E-state index contributed by atoms with van der Waals surface area (Å²) in [5.74, 6) is 0.887. The highest BCUT2D eigenvalue weighted by Gasteiger charge is 2.29. The Bertz CT molecular complexity index is 967. The third-order valence-corrected chi connectivity index (χ3v) is 6.83. The molecule has 0 aliphatic rings. The molecule has 2 aromatic carbocycles. The molecule has 2 rings (SSSR count). The van der Waals surface area contributed by atoms with Crippen LogP contribution >= 0.6 is 0 Å². The molecule has 7 nitrogen and oxygen atoms in total. The lowest BCUT2D eigenvalue weighted by molar-refractivity contribution is -0.121. The molecule has 0 saturated heterocycles. The summed E-state index contributed by atoms with van der Waals surface area (Å²) in [7, 11) is -1.02. The summed E-state index contributed by atoms with van der Waals surface area (Å²) in [6.45, 7) is 7.74. The van der Waals surface area contributed by atoms with Crippen molar-refractivity contribution >= 4 is 21.6 Å². The van der Waals surface area contributed by atoms with E-state index < -0.39 is 10.0 Å². The van der Waals surface area contributed by atoms with Crippen LogP contribution in [-0.4, -0.2) is 41.1 Å². The molecule has 0 aliphatic carbocycles. The van der Waals surface area contributed by atoms with E-state index in [1.165, 1.54) is 26.4 Å². The first-order valence-corrected chi connectivity index (χ1v) is 11.6. The fourth-order valence-electron chi connectivity index (χ4n) is 3.48. The van der Waals surface area contributed by atoms with Crippen LogP contribution in [0, 0.1) is 11.8 Å². The number of nitrogens with one attached hydrogen (secondary N) is 1. The normalized spacial score (nSPS) is 11.6. The number of nitrogens with zero attached hydrogens (tertiary/aromatic N) is 1. The Morgan fingerprint density at radius 3 is 2.03 bits per heavy atom. The molecule has 0 fully saturated rings. The largest absolute Gasteiger partial charge is 0.493 e. The van der Waals surface area contributed by atoms with Crippen molar-refractivity contribution < 1.29 is 22.7 Å². The lowest BCUT2D eigenvalue weighted by Crippen LogP contribution is -2.47. The minimum atomic E-state index is -3.99. The van der Waals surface area contributed by atoms with Crippen molar-refractivity contribution in [1.82, 2.24) is 5.32 Å². The number of anilines is 1. The Morgan fingerprint density at radius 2 is 1.52 bits per heavy atom. The Hall–Kier alpha value is -2.74. The molecule has 0 aliphatic heterocycles. The van der Waals surface area contributed by atoms with E-state index in [9.17, 15) is 13.2 Å². The zero-order chi connectivity index (χ0) is 23.2. The van der Waals surface area contributed by atoms with Gasteiger partial charge in [0.1, 0.15) is 6.54 Å². The zero-order valence-corrected chi connectivity index (χ0v) is 19.8. The second-order valence-corrected chi connectivity index (χ2v) is 9.81. The number of carbonyl (C=O) groups is 1. The number of rotatable bonds is 10. The molecule has 2 aromatic rings. The van der Waals surface area contributed by atoms with Crippen LogP contribution in [0.25, 0.3) is 0 Å². The van der Waals surface area contributed by atoms with Crippen LogP contribution < -0.4 is 19.1 Å². The predicted octanol–water partition coefficient (Wildman–Crippen LogP) is 3.70. The molecule has 0 atom stereocenters. The Balaban J connectivity index is 2.48. The second kappa shape index (κ2) is 10.5. The van der Waals surface area contributed by atoms with Crippen molar-refractivity contribution in [3.8, 4) is 11.5 Å². The predicted molar refractivity (Wildman–Crippen MR) is 122 cm³/mol. The van der Waals surface area contributed by atoms with Crippen LogP contribution in [0.4, 0.5) is 5.69 Å². The molecule has 0 radical (unpaired) electrons. The van der Waals surface area contributed by atoms with Crippen molar-refractivity contribution in [3.63, 3.8) is 0 Å². The van der Waals surface area contributed by atoms with Crippen LogP contribution in [0.2, 0.25) is 0 Å². The SMILES string of the molecule is COc1ccc(N(CC(=O)NC(C(C)C)C(C)C)S(=O)(=O)c2ccccc2)cc1OC. The zero-order valence-electron chi connectivity index (χ0n) is 19.0. The van der Waals surface area contributed by atoms with Crippen molar-refractivity contribution in [2.45, 2.75) is 38.6 Å². The first-order chi connectivity index (χ1) is 14.6. The van der Waals surface area contributed by atoms with Crippen molar-refractivity contribution in [2.75, 3.05) is 25.1 Å². The number of carbonyl (C=O) groups excluding carboxylic acids is 1. The number of hydrogen-bond acceptors (Lipinski definition) is 5. The first-order valence-electron chi connectivity index (χ1n) is 10.2. The average Bonchev–Trinajstić information content (AvgIpc) is 2.75. The highest BCUT2D eigenvalue weighted by atomic mass is 32.2. The van der Waals surface area contributed by atoms with E-state index in [1.54, 1.807) is 36.4 Å². The third kappa shape index (κ3) is 5.91. The van der Waals surface area contributed by atoms with Gasteiger partial charge in [-0.05, 0) is 36.1 Å². The Kier molecular flexibility index (Phi) is 8.33. The second-order valence-electron chi connectivity index (χ2n) is 7.95. The van der Waals surface area contributed by atoms with Crippen LogP contribution in [0.15, 0.2) is 53.4 Å². The summed E-state index contributed by atoms with van der Waals surface area (Å²) in [5.41, 5.74) is 0.308. The van der Waals surface area contributed by atoms with Crippen LogP contribution in [0.5, 0.6) is 11.5 Å². The van der Waals surface area contributed by atoms with E-state index in [-0.39, 0.29) is 35.2 Å². The van der Waals surface area contributed by atoms with Gasteiger partial charge in [0.05, 0.1) is 24.8 Å². The summed E-state index contributed by atoms with van der Waals surface area (Å²) in [6.07, 6.45) is 0. The molecule has 0 spiro atoms. The molecule has 0 bridgehead atoms. The van der Waals surface area contributed by atoms with Crippen LogP contribution in [-0.2, 0) is 14.8 Å². The van der Waals surface area contributed by atoms with Crippen molar-refractivity contribution in [2.24, 2.45) is 11.8 Å². The molecule has 1 amide bonds. The van der Waals surface area contributed by atoms with Gasteiger partial charge in [0.25, 0.3) is 10.0 Å². The molecule has 1 N–H and O–H groups in total. The van der Waals surface area contributed by atoms with Gasteiger partial charge in [0.15, 0.2) is 11.5 Å². The minimum Gasteiger partial charge on any atom is -0.493 e. The van der Waals surface area contributed by atoms with Gasteiger partial charge in [-0.3, -0.25) is 9.10 Å². The van der Waals surface area contributed by atoms with Gasteiger partial charge >= 0.3 is 0 Å². The lowest BCUT2D eigenvalue weighted by atomic mass is 9.93. The van der Waals surface area contributed by atoms with E-state index in [4.69, 9.17) is 9.47 Å². The average molecular weight is 449 g/mol. The van der Waals surface area contributed by atoms with Gasteiger partial charge < -0.3 is 14.8 Å². The topological polar surface area (TPSA) is 84.9 Å². The fourth-order valence-corrected chi connectivity index (χ4v) is 4.91. The molecule has 0 unspecified atom stereocenters. The van der Waals surface area contributed by atoms with Gasteiger partial charge in [-0.1, -0.05) is 45.9 Å². The van der Waals surface area contributed by atoms with E-state index in [0.717, 1.165) is 4.31 Å². The van der Waals surface area contributed by atoms with E-state index in [2.05, 4.69) is 5.32 Å². The quantitative estimate of drug-likeness (QED) is 0.599. The van der Waals surface area contributed by atoms with Crippen molar-refractivity contribution in [1.29, 1.82) is 0 Å². The number of ether oxygens (including phenoxy) is 2. The molecule has 0 aromatic heterocycles. The summed E-state index contributed by atoms with van der Waals surface area (Å²) < 4.78 is 38.6. The Morgan fingerprint density at radius 1 is 0.935 bits per heavy atom. The summed E-state index contributed by atoms with van der Waals surface area (Å²) in [5, 5.41) is 2.99. The number of methoxy groups -OCH3 is 2. The van der Waals surface area contributed by atoms with E-state index in [0.29, 0.717) is 17.2 Å². The van der Waals surface area contributed by atoms with Gasteiger partial charge in [0, 0.05) is 12.1 Å². The maximum Gasteiger partial charge on any atom is 0.264 e. The number of amides is 1. The highest BCUT2D eigenvalue weighted by Crippen LogP contribution is 2.33. The number of sulfonamides is 1. The van der Waals surface area contributed by atoms with Gasteiger partial charge in [0.2, 0.25) is 5.91 Å². The van der Waals surface area contributed by atoms with Gasteiger partial charge in [-0.15, -0.1) is 0 Å². The smallest absolute Gasteiger partial charge is 0.264 e. The number of hydrogen-bond donors (Lipinski definition) is 1. The third-order valence-electron chi connectivity index (χ3n) is 5.04. The monoisotopic (exact) mass is 448 g/mol. The fraction of sp³-hybridized carbons (Fsp3) is 0.435. The maximum absolute atomic E-state index is 13.4. The summed E-state index contributed by atoms with van der Waals surface area (Å²) >= 11 is 0. The molecule has 170 valence electrons. The molecular formula is C23H32N2O5S.